The number of aliphatic hydroxyl groups excluding tert-OH is 19. The van der Waals surface area contributed by atoms with Gasteiger partial charge in [0.25, 0.3) is 0 Å². The summed E-state index contributed by atoms with van der Waals surface area (Å²) in [5.41, 5.74) is 0. The second-order valence-electron chi connectivity index (χ2n) is 10.4. The zero-order chi connectivity index (χ0) is 36.8. The molecule has 2 heterocycles. The van der Waals surface area contributed by atoms with Crippen LogP contribution in [0.5, 0.6) is 0 Å². The molecule has 2 fully saturated rings. The molecule has 0 saturated carbocycles. The van der Waals surface area contributed by atoms with E-state index in [9.17, 15) is 35.4 Å². The third kappa shape index (κ3) is 12.3. The Balaban J connectivity index is 0.000000749. The molecule has 23 nitrogen and oxygen atoms in total. The average Bonchev–Trinajstić information content (AvgIpc) is 3.34. The van der Waals surface area contributed by atoms with E-state index in [2.05, 4.69) is 0 Å². The monoisotopic (exact) mass is 704 g/mol. The Morgan fingerprint density at radius 3 is 1.36 bits per heavy atom. The summed E-state index contributed by atoms with van der Waals surface area (Å²) in [4.78, 5) is 9.90. The van der Waals surface area contributed by atoms with Gasteiger partial charge < -0.3 is 116 Å². The molecule has 0 amide bonds. The van der Waals surface area contributed by atoms with Crippen LogP contribution >= 0.6 is 0 Å². The second-order valence-corrected chi connectivity index (χ2v) is 10.4. The van der Waals surface area contributed by atoms with E-state index in [-0.39, 0.29) is 6.29 Å². The summed E-state index contributed by atoms with van der Waals surface area (Å²) in [6, 6.07) is 0. The summed E-state index contributed by atoms with van der Waals surface area (Å²) in [5, 5.41) is 172. The third-order valence-electron chi connectivity index (χ3n) is 7.00. The first-order chi connectivity index (χ1) is 21.9. The maximum Gasteiger partial charge on any atom is 0.224 e. The number of hydrogen-bond donors (Lipinski definition) is 19. The van der Waals surface area contributed by atoms with Crippen LogP contribution in [0.25, 0.3) is 0 Å². The van der Waals surface area contributed by atoms with Crippen LogP contribution in [0.1, 0.15) is 0 Å². The van der Waals surface area contributed by atoms with Crippen LogP contribution < -0.4 is 0 Å². The SMILES string of the molecule is O=C[C@H](O)[C@@H](O)[C@H](O)[C@H](O)CO.OC[C@@H](O)[C@@H](O)[C@H](O)[C@H](O)CO.OC[C@H]1O[C@@](CO)(O[C@H]2O[C@H](CO)[C@@H](O)[C@H](O)[C@H]2O)[C@@H](O)[C@@H]1O. The fourth-order valence-corrected chi connectivity index (χ4v) is 3.92. The highest BCUT2D eigenvalue weighted by atomic mass is 16.8. The maximum atomic E-state index is 10.00. The predicted octanol–water partition coefficient (Wildman–Crippen LogP) is -12.4. The van der Waals surface area contributed by atoms with Crippen molar-refractivity contribution in [2.75, 3.05) is 39.6 Å². The van der Waals surface area contributed by atoms with Gasteiger partial charge in [0.15, 0.2) is 12.6 Å². The van der Waals surface area contributed by atoms with Crippen molar-refractivity contribution in [1.82, 2.24) is 0 Å². The molecule has 2 aliphatic heterocycles. The molecule has 0 aromatic rings. The van der Waals surface area contributed by atoms with Crippen molar-refractivity contribution in [2.24, 2.45) is 0 Å². The Labute approximate surface area is 266 Å². The lowest BCUT2D eigenvalue weighted by molar-refractivity contribution is -0.383. The molecule has 0 aliphatic carbocycles. The summed E-state index contributed by atoms with van der Waals surface area (Å²) < 4.78 is 15.4. The quantitative estimate of drug-likeness (QED) is 0.0703. The second kappa shape index (κ2) is 21.8. The normalized spacial score (nSPS) is 35.9. The van der Waals surface area contributed by atoms with Crippen molar-refractivity contribution in [3.63, 3.8) is 0 Å². The molecule has 17 atom stereocenters. The van der Waals surface area contributed by atoms with Crippen molar-refractivity contribution in [3.05, 3.63) is 0 Å². The van der Waals surface area contributed by atoms with E-state index in [0.29, 0.717) is 0 Å². The minimum Gasteiger partial charge on any atom is -0.394 e. The van der Waals surface area contributed by atoms with Crippen LogP contribution in [0, 0.1) is 0 Å². The van der Waals surface area contributed by atoms with Gasteiger partial charge >= 0.3 is 0 Å². The number of hydrogen-bond acceptors (Lipinski definition) is 23. The minimum absolute atomic E-state index is 0.0258. The molecule has 47 heavy (non-hydrogen) atoms. The van der Waals surface area contributed by atoms with Gasteiger partial charge in [0.05, 0.1) is 33.0 Å². The van der Waals surface area contributed by atoms with Crippen LogP contribution in [0.3, 0.4) is 0 Å². The van der Waals surface area contributed by atoms with Crippen LogP contribution in [0.4, 0.5) is 0 Å². The number of rotatable bonds is 15. The standard InChI is InChI=1S/C12H22O11.C6H14O6.C6H12O6/c13-1-4-6(16)8(18)9(19)11(21-4)23-12(3-15)10(20)7(17)5(2-14)22-12;2*7-1-3(9)5(11)6(12)4(10)2-8/h4-11,13-20H,1-3H2;3-12H,1-2H2;1,3-6,8-12H,2H2/t4-,5-,6-,7-,8+,9-,10+,11-,12+;3-,4-,5-,6-;3-,4+,5+,6+/m110/s1. The van der Waals surface area contributed by atoms with Gasteiger partial charge in [-0.2, -0.15) is 0 Å². The first kappa shape index (κ1) is 45.8. The van der Waals surface area contributed by atoms with E-state index >= 15 is 0 Å². The molecule has 0 aromatic carbocycles. The zero-order valence-corrected chi connectivity index (χ0v) is 24.7. The van der Waals surface area contributed by atoms with E-state index in [1.807, 2.05) is 0 Å². The molecule has 19 N–H and O–H groups in total. The largest absolute Gasteiger partial charge is 0.394 e. The Morgan fingerprint density at radius 2 is 1.02 bits per heavy atom. The Bertz CT molecular complexity index is 827. The highest BCUT2D eigenvalue weighted by Gasteiger charge is 2.58. The topological polar surface area (TPSA) is 429 Å². The Morgan fingerprint density at radius 1 is 0.596 bits per heavy atom. The lowest BCUT2D eigenvalue weighted by Gasteiger charge is -2.43. The van der Waals surface area contributed by atoms with Crippen molar-refractivity contribution in [1.29, 1.82) is 0 Å². The van der Waals surface area contributed by atoms with Crippen LogP contribution in [0.15, 0.2) is 0 Å². The molecule has 282 valence electrons. The van der Waals surface area contributed by atoms with Crippen molar-refractivity contribution >= 4 is 6.29 Å². The smallest absolute Gasteiger partial charge is 0.224 e. The Kier molecular flexibility index (Phi) is 21.2. The molecular formula is C24H48O23. The van der Waals surface area contributed by atoms with Crippen LogP contribution in [-0.2, 0) is 19.0 Å². The summed E-state index contributed by atoms with van der Waals surface area (Å²) in [5.74, 6) is -2.22. The van der Waals surface area contributed by atoms with Gasteiger partial charge in [-0.05, 0) is 0 Å². The molecule has 0 bridgehead atoms. The lowest BCUT2D eigenvalue weighted by atomic mass is 9.99. The maximum absolute atomic E-state index is 10.00. The molecule has 23 heteroatoms. The highest BCUT2D eigenvalue weighted by Crippen LogP contribution is 2.35. The number of carbonyl (C=O) groups excluding carboxylic acids is 1. The first-order valence-electron chi connectivity index (χ1n) is 13.9. The van der Waals surface area contributed by atoms with E-state index < -0.39 is 143 Å². The van der Waals surface area contributed by atoms with Crippen LogP contribution in [-0.4, -0.2) is 247 Å². The summed E-state index contributed by atoms with van der Waals surface area (Å²) in [6.45, 7) is -4.53. The first-order valence-corrected chi connectivity index (χ1v) is 13.9. The molecule has 2 rings (SSSR count). The van der Waals surface area contributed by atoms with Gasteiger partial charge in [0, 0.05) is 0 Å². The number of aliphatic hydroxyl groups is 19. The van der Waals surface area contributed by atoms with E-state index in [4.69, 9.17) is 80.6 Å². The molecule has 0 aromatic heterocycles. The van der Waals surface area contributed by atoms with Crippen molar-refractivity contribution in [2.45, 2.75) is 104 Å². The van der Waals surface area contributed by atoms with Crippen molar-refractivity contribution in [3.8, 4) is 0 Å². The molecule has 0 radical (unpaired) electrons. The van der Waals surface area contributed by atoms with Gasteiger partial charge in [0.1, 0.15) is 98.2 Å². The molecular weight excluding hydrogens is 656 g/mol. The molecule has 0 spiro atoms. The Hall–Kier alpha value is -1.21. The fraction of sp³-hybridized carbons (Fsp3) is 0.958. The van der Waals surface area contributed by atoms with Crippen LogP contribution in [0.2, 0.25) is 0 Å². The van der Waals surface area contributed by atoms with Gasteiger partial charge in [-0.3, -0.25) is 0 Å². The average molecular weight is 705 g/mol. The predicted molar refractivity (Wildman–Crippen MR) is 144 cm³/mol. The minimum atomic E-state index is -2.22. The van der Waals surface area contributed by atoms with E-state index in [0.717, 1.165) is 0 Å². The summed E-state index contributed by atoms with van der Waals surface area (Å²) in [6.07, 6.45) is -25.9. The molecule has 0 unspecified atom stereocenters. The number of ether oxygens (including phenoxy) is 3. The summed E-state index contributed by atoms with van der Waals surface area (Å²) in [7, 11) is 0. The fourth-order valence-electron chi connectivity index (χ4n) is 3.92. The third-order valence-corrected chi connectivity index (χ3v) is 7.00. The highest BCUT2D eigenvalue weighted by molar-refractivity contribution is 5.56. The van der Waals surface area contributed by atoms with E-state index in [1.165, 1.54) is 0 Å². The molecule has 2 aliphatic rings. The lowest BCUT2D eigenvalue weighted by Crippen LogP contribution is -2.62. The molecule has 2 saturated heterocycles. The van der Waals surface area contributed by atoms with Gasteiger partial charge in [-0.15, -0.1) is 0 Å². The van der Waals surface area contributed by atoms with Gasteiger partial charge in [0.2, 0.25) is 5.79 Å². The summed E-state index contributed by atoms with van der Waals surface area (Å²) >= 11 is 0. The van der Waals surface area contributed by atoms with Gasteiger partial charge in [-0.1, -0.05) is 0 Å². The zero-order valence-electron chi connectivity index (χ0n) is 24.7. The number of aldehydes is 1. The van der Waals surface area contributed by atoms with Crippen molar-refractivity contribution < 1.29 is 116 Å². The number of carbonyl (C=O) groups is 1. The van der Waals surface area contributed by atoms with E-state index in [1.54, 1.807) is 0 Å². The van der Waals surface area contributed by atoms with Gasteiger partial charge in [-0.25, -0.2) is 0 Å².